The van der Waals surface area contributed by atoms with Crippen molar-refractivity contribution in [2.75, 3.05) is 11.9 Å². The molecule has 0 bridgehead atoms. The Kier molecular flexibility index (Phi) is 5.71. The van der Waals surface area contributed by atoms with E-state index in [4.69, 9.17) is 4.42 Å². The van der Waals surface area contributed by atoms with Crippen molar-refractivity contribution in [3.05, 3.63) is 52.6 Å². The van der Waals surface area contributed by atoms with Crippen LogP contribution in [0.4, 0.5) is 10.1 Å². The van der Waals surface area contributed by atoms with Crippen molar-refractivity contribution in [1.29, 1.82) is 0 Å². The molecule has 1 aromatic heterocycles. The fourth-order valence-electron chi connectivity index (χ4n) is 1.75. The van der Waals surface area contributed by atoms with Gasteiger partial charge in [-0.15, -0.1) is 0 Å². The van der Waals surface area contributed by atoms with Crippen molar-refractivity contribution in [1.82, 2.24) is 5.32 Å². The van der Waals surface area contributed by atoms with E-state index >= 15 is 0 Å². The molecule has 0 atom stereocenters. The summed E-state index contributed by atoms with van der Waals surface area (Å²) in [6, 6.07) is 7.57. The van der Waals surface area contributed by atoms with Crippen molar-refractivity contribution in [2.45, 2.75) is 12.8 Å². The summed E-state index contributed by atoms with van der Waals surface area (Å²) >= 11 is 3.14. The third-order valence-corrected chi connectivity index (χ3v) is 3.31. The first-order valence-electron chi connectivity index (χ1n) is 6.63. The molecule has 0 aliphatic carbocycles. The van der Waals surface area contributed by atoms with Gasteiger partial charge in [-0.1, -0.05) is 15.9 Å². The van der Waals surface area contributed by atoms with Crippen molar-refractivity contribution in [3.8, 4) is 0 Å². The molecule has 0 aliphatic heterocycles. The molecule has 0 unspecified atom stereocenters. The molecular formula is C15H14BrFN2O3. The van der Waals surface area contributed by atoms with Gasteiger partial charge in [-0.3, -0.25) is 9.59 Å². The average Bonchev–Trinajstić information content (AvgIpc) is 3.01. The molecule has 7 heteroatoms. The van der Waals surface area contributed by atoms with Crippen LogP contribution in [0.5, 0.6) is 0 Å². The van der Waals surface area contributed by atoms with Gasteiger partial charge >= 0.3 is 0 Å². The SMILES string of the molecule is O=C(CCCNC(=O)c1ccco1)Nc1ccc(Br)cc1F. The average molecular weight is 369 g/mol. The second-order valence-corrected chi connectivity index (χ2v) is 5.42. The number of carbonyl (C=O) groups excluding carboxylic acids is 2. The second-order valence-electron chi connectivity index (χ2n) is 4.51. The van der Waals surface area contributed by atoms with E-state index in [1.807, 2.05) is 0 Å². The highest BCUT2D eigenvalue weighted by atomic mass is 79.9. The Morgan fingerprint density at radius 3 is 2.77 bits per heavy atom. The zero-order chi connectivity index (χ0) is 15.9. The largest absolute Gasteiger partial charge is 0.459 e. The van der Waals surface area contributed by atoms with E-state index in [9.17, 15) is 14.0 Å². The van der Waals surface area contributed by atoms with Gasteiger partial charge in [0.25, 0.3) is 5.91 Å². The van der Waals surface area contributed by atoms with Gasteiger partial charge in [0, 0.05) is 17.4 Å². The molecule has 5 nitrogen and oxygen atoms in total. The second kappa shape index (κ2) is 7.74. The minimum atomic E-state index is -0.506. The number of anilines is 1. The minimum Gasteiger partial charge on any atom is -0.459 e. The number of rotatable bonds is 6. The highest BCUT2D eigenvalue weighted by Gasteiger charge is 2.09. The molecule has 2 amide bonds. The summed E-state index contributed by atoms with van der Waals surface area (Å²) in [7, 11) is 0. The number of carbonyl (C=O) groups is 2. The maximum atomic E-state index is 13.5. The van der Waals surface area contributed by atoms with Crippen molar-refractivity contribution in [3.63, 3.8) is 0 Å². The van der Waals surface area contributed by atoms with Gasteiger partial charge in [0.05, 0.1) is 12.0 Å². The van der Waals surface area contributed by atoms with Crippen LogP contribution in [0.25, 0.3) is 0 Å². The Bertz CT molecular complexity index is 659. The van der Waals surface area contributed by atoms with E-state index in [1.54, 1.807) is 18.2 Å². The summed E-state index contributed by atoms with van der Waals surface area (Å²) in [6.45, 7) is 0.329. The van der Waals surface area contributed by atoms with Crippen LogP contribution in [-0.2, 0) is 4.79 Å². The standard InChI is InChI=1S/C15H14BrFN2O3/c16-10-5-6-12(11(17)9-10)19-14(20)4-1-7-18-15(21)13-3-2-8-22-13/h2-3,5-6,8-9H,1,4,7H2,(H,18,21)(H,19,20). The van der Waals surface area contributed by atoms with Gasteiger partial charge in [0.1, 0.15) is 5.82 Å². The fourth-order valence-corrected chi connectivity index (χ4v) is 2.08. The van der Waals surface area contributed by atoms with Gasteiger partial charge in [-0.25, -0.2) is 4.39 Å². The maximum absolute atomic E-state index is 13.5. The molecule has 0 radical (unpaired) electrons. The van der Waals surface area contributed by atoms with E-state index in [1.165, 1.54) is 18.4 Å². The van der Waals surface area contributed by atoms with Gasteiger partial charge < -0.3 is 15.1 Å². The molecule has 2 rings (SSSR count). The lowest BCUT2D eigenvalue weighted by molar-refractivity contribution is -0.116. The van der Waals surface area contributed by atoms with Crippen LogP contribution in [0.15, 0.2) is 45.5 Å². The van der Waals surface area contributed by atoms with Crippen LogP contribution in [0, 0.1) is 5.82 Å². The zero-order valence-electron chi connectivity index (χ0n) is 11.6. The molecular weight excluding hydrogens is 355 g/mol. The topological polar surface area (TPSA) is 71.3 Å². The number of nitrogens with one attached hydrogen (secondary N) is 2. The smallest absolute Gasteiger partial charge is 0.286 e. The first-order valence-corrected chi connectivity index (χ1v) is 7.42. The quantitative estimate of drug-likeness (QED) is 0.768. The van der Waals surface area contributed by atoms with Gasteiger partial charge in [-0.05, 0) is 36.8 Å². The third-order valence-electron chi connectivity index (χ3n) is 2.82. The molecule has 0 spiro atoms. The number of amides is 2. The zero-order valence-corrected chi connectivity index (χ0v) is 13.2. The van der Waals surface area contributed by atoms with Gasteiger partial charge in [0.15, 0.2) is 5.76 Å². The van der Waals surface area contributed by atoms with Crippen LogP contribution in [0.3, 0.4) is 0 Å². The third kappa shape index (κ3) is 4.70. The molecule has 0 saturated heterocycles. The maximum Gasteiger partial charge on any atom is 0.286 e. The summed E-state index contributed by atoms with van der Waals surface area (Å²) in [5.41, 5.74) is 0.132. The minimum absolute atomic E-state index is 0.132. The Balaban J connectivity index is 1.71. The molecule has 0 aliphatic rings. The van der Waals surface area contributed by atoms with Gasteiger partial charge in [0.2, 0.25) is 5.91 Å². The van der Waals surface area contributed by atoms with Crippen molar-refractivity contribution in [2.24, 2.45) is 0 Å². The molecule has 1 heterocycles. The van der Waals surface area contributed by atoms with Crippen LogP contribution >= 0.6 is 15.9 Å². The molecule has 2 aromatic rings. The Morgan fingerprint density at radius 2 is 2.09 bits per heavy atom. The lowest BCUT2D eigenvalue weighted by atomic mass is 10.2. The number of benzene rings is 1. The van der Waals surface area contributed by atoms with Crippen LogP contribution < -0.4 is 10.6 Å². The van der Waals surface area contributed by atoms with E-state index < -0.39 is 5.82 Å². The molecule has 1 aromatic carbocycles. The molecule has 22 heavy (non-hydrogen) atoms. The first-order chi connectivity index (χ1) is 10.6. The van der Waals surface area contributed by atoms with Crippen LogP contribution in [0.2, 0.25) is 0 Å². The number of furan rings is 1. The number of hydrogen-bond donors (Lipinski definition) is 2. The van der Waals surface area contributed by atoms with E-state index in [0.717, 1.165) is 0 Å². The Hall–Kier alpha value is -2.15. The van der Waals surface area contributed by atoms with Crippen LogP contribution in [-0.4, -0.2) is 18.4 Å². The summed E-state index contributed by atoms with van der Waals surface area (Å²) < 4.78 is 19.1. The molecule has 0 fully saturated rings. The predicted molar refractivity (Wildman–Crippen MR) is 83.0 cm³/mol. The van der Waals surface area contributed by atoms with Crippen molar-refractivity contribution < 1.29 is 18.4 Å². The summed E-state index contributed by atoms with van der Waals surface area (Å²) in [5.74, 6) is -0.923. The summed E-state index contributed by atoms with van der Waals surface area (Å²) in [6.07, 6.45) is 2.03. The monoisotopic (exact) mass is 368 g/mol. The van der Waals surface area contributed by atoms with E-state index in [-0.39, 0.29) is 29.7 Å². The number of halogens is 2. The lowest BCUT2D eigenvalue weighted by Gasteiger charge is -2.07. The van der Waals surface area contributed by atoms with E-state index in [2.05, 4.69) is 26.6 Å². The highest BCUT2D eigenvalue weighted by molar-refractivity contribution is 9.10. The summed E-state index contributed by atoms with van der Waals surface area (Å²) in [4.78, 5) is 23.3. The van der Waals surface area contributed by atoms with Crippen LogP contribution in [0.1, 0.15) is 23.4 Å². The lowest BCUT2D eigenvalue weighted by Crippen LogP contribution is -2.25. The normalized spacial score (nSPS) is 10.3. The predicted octanol–water partition coefficient (Wildman–Crippen LogP) is 3.33. The Morgan fingerprint density at radius 1 is 1.27 bits per heavy atom. The Labute approximate surface area is 135 Å². The van der Waals surface area contributed by atoms with Gasteiger partial charge in [-0.2, -0.15) is 0 Å². The highest BCUT2D eigenvalue weighted by Crippen LogP contribution is 2.19. The van der Waals surface area contributed by atoms with Crippen molar-refractivity contribution >= 4 is 33.4 Å². The first kappa shape index (κ1) is 16.2. The fraction of sp³-hybridized carbons (Fsp3) is 0.200. The molecule has 0 saturated carbocycles. The molecule has 116 valence electrons. The molecule has 2 N–H and O–H groups in total. The number of hydrogen-bond acceptors (Lipinski definition) is 3. The van der Waals surface area contributed by atoms with E-state index in [0.29, 0.717) is 17.4 Å². The summed E-state index contributed by atoms with van der Waals surface area (Å²) in [5, 5.41) is 5.12.